The number of halogens is 2. The first-order chi connectivity index (χ1) is 15.6. The fourth-order valence-corrected chi connectivity index (χ4v) is 4.85. The Balaban J connectivity index is 1.52. The highest BCUT2D eigenvalue weighted by atomic mass is 79.9. The number of aromatic nitrogens is 2. The van der Waals surface area contributed by atoms with Crippen molar-refractivity contribution in [1.29, 1.82) is 0 Å². The number of unbranched alkanes of at least 4 members (excludes halogenated alkanes) is 5. The Morgan fingerprint density at radius 1 is 0.625 bits per heavy atom. The summed E-state index contributed by atoms with van der Waals surface area (Å²) >= 11 is 7.69. The molecular weight excluding hydrogens is 528 g/mol. The van der Waals surface area contributed by atoms with Crippen LogP contribution in [0.5, 0.6) is 0 Å². The summed E-state index contributed by atoms with van der Waals surface area (Å²) in [6.07, 6.45) is 21.2. The predicted octanol–water partition coefficient (Wildman–Crippen LogP) is 7.51. The minimum absolute atomic E-state index is 0.387. The quantitative estimate of drug-likeness (QED) is 0.117. The van der Waals surface area contributed by atoms with Crippen molar-refractivity contribution in [3.63, 3.8) is 0 Å². The first-order valence-electron chi connectivity index (χ1n) is 12.4. The van der Waals surface area contributed by atoms with Gasteiger partial charge in [0.1, 0.15) is 0 Å². The van der Waals surface area contributed by atoms with Crippen molar-refractivity contribution in [1.82, 2.24) is 0 Å². The molecule has 0 saturated heterocycles. The molecule has 0 spiro atoms. The van der Waals surface area contributed by atoms with Gasteiger partial charge in [-0.1, -0.05) is 39.5 Å². The molecule has 0 aliphatic carbocycles. The van der Waals surface area contributed by atoms with Crippen molar-refractivity contribution in [3.05, 3.63) is 49.1 Å². The van der Waals surface area contributed by atoms with Gasteiger partial charge in [0.2, 0.25) is 9.90 Å². The van der Waals surface area contributed by atoms with Crippen LogP contribution in [0.2, 0.25) is 0 Å². The van der Waals surface area contributed by atoms with Crippen LogP contribution in [-0.4, -0.2) is 13.1 Å². The van der Waals surface area contributed by atoms with E-state index in [9.17, 15) is 0 Å². The van der Waals surface area contributed by atoms with Gasteiger partial charge in [0.25, 0.3) is 0 Å². The summed E-state index contributed by atoms with van der Waals surface area (Å²) in [7, 11) is 0. The van der Waals surface area contributed by atoms with Crippen molar-refractivity contribution in [2.45, 2.75) is 88.0 Å². The molecular formula is C26H42Br2N4+2. The number of nitrogens with one attached hydrogen (secondary N) is 2. The molecule has 0 fully saturated rings. The highest BCUT2D eigenvalue weighted by Gasteiger charge is 2.14. The Kier molecular flexibility index (Phi) is 14.0. The van der Waals surface area contributed by atoms with E-state index < -0.39 is 0 Å². The highest BCUT2D eigenvalue weighted by Crippen LogP contribution is 2.20. The lowest BCUT2D eigenvalue weighted by atomic mass is 10.1. The van der Waals surface area contributed by atoms with Gasteiger partial charge in [-0.2, -0.15) is 9.13 Å². The van der Waals surface area contributed by atoms with Crippen LogP contribution in [0.4, 0.5) is 11.4 Å². The molecule has 0 amide bonds. The zero-order chi connectivity index (χ0) is 23.0. The molecule has 2 unspecified atom stereocenters. The van der Waals surface area contributed by atoms with Crippen molar-refractivity contribution >= 4 is 43.2 Å². The monoisotopic (exact) mass is 568 g/mol. The largest absolute Gasteiger partial charge is 0.385 e. The van der Waals surface area contributed by atoms with E-state index in [0.29, 0.717) is 9.90 Å². The van der Waals surface area contributed by atoms with Crippen LogP contribution in [0.15, 0.2) is 49.1 Å². The van der Waals surface area contributed by atoms with Crippen molar-refractivity contribution < 1.29 is 9.13 Å². The van der Waals surface area contributed by atoms with E-state index in [4.69, 9.17) is 0 Å². The van der Waals surface area contributed by atoms with E-state index in [1.165, 1.54) is 62.7 Å². The maximum Gasteiger partial charge on any atom is 0.211 e. The fourth-order valence-electron chi connectivity index (χ4n) is 3.65. The third kappa shape index (κ3) is 10.7. The van der Waals surface area contributed by atoms with Crippen molar-refractivity contribution in [2.24, 2.45) is 0 Å². The Morgan fingerprint density at radius 3 is 1.31 bits per heavy atom. The Labute approximate surface area is 212 Å². The van der Waals surface area contributed by atoms with Crippen LogP contribution in [0.1, 0.15) is 88.0 Å². The Hall–Kier alpha value is -1.14. The summed E-state index contributed by atoms with van der Waals surface area (Å²) in [5, 5.41) is 6.85. The summed E-state index contributed by atoms with van der Waals surface area (Å²) in [6, 6.07) is 8.65. The van der Waals surface area contributed by atoms with Gasteiger partial charge in [0.05, 0.1) is 0 Å². The lowest BCUT2D eigenvalue weighted by molar-refractivity contribution is -0.698. The highest BCUT2D eigenvalue weighted by molar-refractivity contribution is 9.09. The third-order valence-electron chi connectivity index (χ3n) is 5.64. The summed E-state index contributed by atoms with van der Waals surface area (Å²) in [4.78, 5) is 0.773. The van der Waals surface area contributed by atoms with Gasteiger partial charge in [0.15, 0.2) is 24.8 Å². The summed E-state index contributed by atoms with van der Waals surface area (Å²) in [5.74, 6) is 0. The van der Waals surface area contributed by atoms with Gasteiger partial charge < -0.3 is 10.6 Å². The number of hydrogen-bond donors (Lipinski definition) is 2. The molecule has 0 bridgehead atoms. The maximum atomic E-state index is 3.84. The summed E-state index contributed by atoms with van der Waals surface area (Å²) < 4.78 is 4.52. The number of rotatable bonds is 17. The van der Waals surface area contributed by atoms with Crippen molar-refractivity contribution in [2.75, 3.05) is 23.7 Å². The molecule has 0 saturated carbocycles. The summed E-state index contributed by atoms with van der Waals surface area (Å²) in [5.41, 5.74) is 2.40. The molecule has 2 aromatic rings. The first kappa shape index (κ1) is 27.1. The average Bonchev–Trinajstić information content (AvgIpc) is 2.83. The van der Waals surface area contributed by atoms with E-state index in [1.807, 2.05) is 0 Å². The molecule has 2 N–H and O–H groups in total. The van der Waals surface area contributed by atoms with Gasteiger partial charge in [-0.15, -0.1) is 0 Å². The zero-order valence-electron chi connectivity index (χ0n) is 19.9. The Bertz CT molecular complexity index is 658. The number of alkyl halides is 2. The normalized spacial score (nSPS) is 13.0. The first-order valence-corrected chi connectivity index (χ1v) is 14.2. The second-order valence-electron chi connectivity index (χ2n) is 8.49. The molecule has 4 nitrogen and oxygen atoms in total. The molecule has 32 heavy (non-hydrogen) atoms. The zero-order valence-corrected chi connectivity index (χ0v) is 23.1. The lowest BCUT2D eigenvalue weighted by Crippen LogP contribution is -2.35. The van der Waals surface area contributed by atoms with E-state index in [2.05, 4.69) is 115 Å². The van der Waals surface area contributed by atoms with Crippen LogP contribution in [0.25, 0.3) is 0 Å². The fraction of sp³-hybridized carbons (Fsp3) is 0.615. The molecule has 2 heterocycles. The standard InChI is InChI=1S/C26H40Br2N4/c1-3-17-29-23-13-19-31(20-14-23)25(27)11-9-7-5-6-8-10-12-26(28)32-21-15-24(16-22-32)30-18-4-2/h13-16,19-22,25-26H,3-12,17-18H2,1-2H3/p+2. The van der Waals surface area contributed by atoms with Gasteiger partial charge >= 0.3 is 0 Å². The van der Waals surface area contributed by atoms with Crippen LogP contribution < -0.4 is 19.8 Å². The van der Waals surface area contributed by atoms with E-state index in [1.54, 1.807) is 0 Å². The topological polar surface area (TPSA) is 31.8 Å². The molecule has 178 valence electrons. The SMILES string of the molecule is CCCNc1cc[n+](C(Br)CCCCCCCCC(Br)[n+]2ccc(NCCC)cc2)cc1. The average molecular weight is 570 g/mol. The number of pyridine rings is 2. The minimum Gasteiger partial charge on any atom is -0.385 e. The van der Waals surface area contributed by atoms with Crippen LogP contribution >= 0.6 is 31.9 Å². The van der Waals surface area contributed by atoms with Crippen LogP contribution in [0, 0.1) is 0 Å². The minimum atomic E-state index is 0.387. The van der Waals surface area contributed by atoms with E-state index >= 15 is 0 Å². The predicted molar refractivity (Wildman–Crippen MR) is 144 cm³/mol. The van der Waals surface area contributed by atoms with Crippen molar-refractivity contribution in [3.8, 4) is 0 Å². The van der Waals surface area contributed by atoms with Crippen LogP contribution in [-0.2, 0) is 0 Å². The molecule has 6 heteroatoms. The Morgan fingerprint density at radius 2 is 0.969 bits per heavy atom. The molecule has 2 rings (SSSR count). The maximum absolute atomic E-state index is 3.84. The second-order valence-corrected chi connectivity index (χ2v) is 10.6. The summed E-state index contributed by atoms with van der Waals surface area (Å²) in [6.45, 7) is 6.43. The number of hydrogen-bond acceptors (Lipinski definition) is 2. The molecule has 0 aliphatic rings. The van der Waals surface area contributed by atoms with Crippen LogP contribution in [0.3, 0.4) is 0 Å². The molecule has 0 radical (unpaired) electrons. The lowest BCUT2D eigenvalue weighted by Gasteiger charge is -2.08. The number of anilines is 2. The molecule has 2 aromatic heterocycles. The smallest absolute Gasteiger partial charge is 0.211 e. The second kappa shape index (κ2) is 16.5. The van der Waals surface area contributed by atoms with E-state index in [-0.39, 0.29) is 0 Å². The van der Waals surface area contributed by atoms with Gasteiger partial charge in [-0.3, -0.25) is 0 Å². The molecule has 2 atom stereocenters. The molecule has 0 aromatic carbocycles. The van der Waals surface area contributed by atoms with Gasteiger partial charge in [0, 0.05) is 61.6 Å². The third-order valence-corrected chi connectivity index (χ3v) is 7.51. The number of nitrogens with zero attached hydrogens (tertiary/aromatic N) is 2. The van der Waals surface area contributed by atoms with E-state index in [0.717, 1.165) is 25.9 Å². The molecule has 0 aliphatic heterocycles. The van der Waals surface area contributed by atoms with Gasteiger partial charge in [-0.05, 0) is 57.5 Å². The van der Waals surface area contributed by atoms with Gasteiger partial charge in [-0.25, -0.2) is 0 Å².